The molecule has 1 aliphatic heterocycles. The Bertz CT molecular complexity index is 2650. The molecular weight excluding hydrogens is 625 g/mol. The highest BCUT2D eigenvalue weighted by Gasteiger charge is 2.37. The maximum Gasteiger partial charge on any atom is 0.104 e. The third kappa shape index (κ3) is 4.65. The summed E-state index contributed by atoms with van der Waals surface area (Å²) in [5, 5.41) is 13.0. The first-order valence-corrected chi connectivity index (χ1v) is 18.3. The van der Waals surface area contributed by atoms with Crippen LogP contribution in [-0.2, 0) is 5.41 Å². The highest BCUT2D eigenvalue weighted by molar-refractivity contribution is 7.25. The number of thiophene rings is 1. The number of hydrogen-bond donors (Lipinski definition) is 2. The largest absolute Gasteiger partial charge is 0.366 e. The molecule has 0 fully saturated rings. The van der Waals surface area contributed by atoms with Crippen LogP contribution in [0.2, 0.25) is 0 Å². The summed E-state index contributed by atoms with van der Waals surface area (Å²) in [5.74, 6) is 0. The van der Waals surface area contributed by atoms with Gasteiger partial charge in [0.1, 0.15) is 6.17 Å². The lowest BCUT2D eigenvalue weighted by Crippen LogP contribution is -2.39. The van der Waals surface area contributed by atoms with Crippen molar-refractivity contribution in [2.24, 2.45) is 0 Å². The molecule has 2 atom stereocenters. The van der Waals surface area contributed by atoms with Crippen LogP contribution >= 0.6 is 11.3 Å². The second-order valence-electron chi connectivity index (χ2n) is 14.2. The molecule has 240 valence electrons. The highest BCUT2D eigenvalue weighted by atomic mass is 32.1. The number of benzene rings is 7. The number of rotatable bonds is 4. The standard InChI is InChI=1S/C47H36N2S/c1-47(2)39-20-11-19-35(45(39)38-25-30-14-6-7-15-31(30)26-40(38)47)32-16-10-17-33(24-32)41-28-42(49-46(48-41)29-12-4-3-5-13-29)34-22-23-37-36-18-8-9-21-43(36)50-44(37)27-34/h3-28,42,46,48-49H,1-2H3. The molecule has 8 aromatic rings. The van der Waals surface area contributed by atoms with Crippen molar-refractivity contribution in [2.75, 3.05) is 0 Å². The predicted octanol–water partition coefficient (Wildman–Crippen LogP) is 12.2. The molecule has 1 aliphatic carbocycles. The van der Waals surface area contributed by atoms with Crippen molar-refractivity contribution >= 4 is 48.0 Å². The normalized spacial score (nSPS) is 17.8. The fourth-order valence-electron chi connectivity index (χ4n) is 8.34. The third-order valence-corrected chi connectivity index (χ3v) is 12.1. The Hall–Kier alpha value is -5.48. The zero-order valence-corrected chi connectivity index (χ0v) is 28.9. The van der Waals surface area contributed by atoms with Gasteiger partial charge < -0.3 is 5.32 Å². The summed E-state index contributed by atoms with van der Waals surface area (Å²) in [4.78, 5) is 0. The van der Waals surface area contributed by atoms with Gasteiger partial charge in [-0.2, -0.15) is 0 Å². The SMILES string of the molecule is CC1(C)c2cc3ccccc3cc2-c2c(-c3cccc(C4=CC(c5ccc6c(c5)sc5ccccc56)NC(c5ccccc5)N4)c3)cccc21. The molecule has 7 aromatic carbocycles. The topological polar surface area (TPSA) is 24.1 Å². The first-order chi connectivity index (χ1) is 24.5. The van der Waals surface area contributed by atoms with Crippen LogP contribution in [0.3, 0.4) is 0 Å². The molecule has 2 heterocycles. The molecule has 3 heteroatoms. The minimum atomic E-state index is -0.0763. The van der Waals surface area contributed by atoms with Crippen molar-refractivity contribution in [3.8, 4) is 22.3 Å². The summed E-state index contributed by atoms with van der Waals surface area (Å²) in [6.45, 7) is 4.74. The van der Waals surface area contributed by atoms with Crippen LogP contribution in [-0.4, -0.2) is 0 Å². The van der Waals surface area contributed by atoms with E-state index in [0.717, 1.165) is 5.70 Å². The van der Waals surface area contributed by atoms with Crippen molar-refractivity contribution in [1.82, 2.24) is 10.6 Å². The molecule has 2 aliphatic rings. The molecule has 0 amide bonds. The monoisotopic (exact) mass is 660 g/mol. The number of hydrogen-bond acceptors (Lipinski definition) is 3. The van der Waals surface area contributed by atoms with E-state index in [2.05, 4.69) is 182 Å². The Morgan fingerprint density at radius 2 is 1.28 bits per heavy atom. The smallest absolute Gasteiger partial charge is 0.104 e. The van der Waals surface area contributed by atoms with E-state index in [1.807, 2.05) is 11.3 Å². The lowest BCUT2D eigenvalue weighted by molar-refractivity contribution is 0.443. The molecule has 50 heavy (non-hydrogen) atoms. The van der Waals surface area contributed by atoms with Gasteiger partial charge in [-0.05, 0) is 97.3 Å². The van der Waals surface area contributed by atoms with Gasteiger partial charge in [-0.25, -0.2) is 0 Å². The van der Waals surface area contributed by atoms with Gasteiger partial charge in [-0.1, -0.05) is 135 Å². The Labute approximate surface area is 296 Å². The summed E-state index contributed by atoms with van der Waals surface area (Å²) in [7, 11) is 0. The quantitative estimate of drug-likeness (QED) is 0.196. The highest BCUT2D eigenvalue weighted by Crippen LogP contribution is 2.53. The molecule has 2 unspecified atom stereocenters. The van der Waals surface area contributed by atoms with Crippen molar-refractivity contribution in [1.29, 1.82) is 0 Å². The van der Waals surface area contributed by atoms with Crippen LogP contribution in [0.5, 0.6) is 0 Å². The number of fused-ring (bicyclic) bond motifs is 7. The molecule has 0 saturated heterocycles. The van der Waals surface area contributed by atoms with E-state index in [-0.39, 0.29) is 17.6 Å². The Kier molecular flexibility index (Phi) is 6.64. The van der Waals surface area contributed by atoms with Crippen molar-refractivity contribution in [3.63, 3.8) is 0 Å². The van der Waals surface area contributed by atoms with Crippen molar-refractivity contribution in [3.05, 3.63) is 186 Å². The summed E-state index contributed by atoms with van der Waals surface area (Å²) in [6, 6.07) is 56.0. The predicted molar refractivity (Wildman–Crippen MR) is 212 cm³/mol. The van der Waals surface area contributed by atoms with Gasteiger partial charge in [0.05, 0.1) is 6.04 Å². The van der Waals surface area contributed by atoms with Crippen LogP contribution in [0.4, 0.5) is 0 Å². The number of nitrogens with one attached hydrogen (secondary N) is 2. The third-order valence-electron chi connectivity index (χ3n) is 10.9. The second-order valence-corrected chi connectivity index (χ2v) is 15.3. The maximum atomic E-state index is 3.92. The van der Waals surface area contributed by atoms with E-state index >= 15 is 0 Å². The molecule has 10 rings (SSSR count). The molecule has 0 radical (unpaired) electrons. The van der Waals surface area contributed by atoms with Crippen LogP contribution in [0.15, 0.2) is 158 Å². The van der Waals surface area contributed by atoms with E-state index in [1.165, 1.54) is 81.0 Å². The molecule has 1 aromatic heterocycles. The zero-order chi connectivity index (χ0) is 33.4. The van der Waals surface area contributed by atoms with Crippen LogP contribution in [0.1, 0.15) is 53.9 Å². The molecule has 2 N–H and O–H groups in total. The van der Waals surface area contributed by atoms with Gasteiger partial charge in [-0.15, -0.1) is 11.3 Å². The minimum Gasteiger partial charge on any atom is -0.366 e. The van der Waals surface area contributed by atoms with Gasteiger partial charge >= 0.3 is 0 Å². The fourth-order valence-corrected chi connectivity index (χ4v) is 9.49. The maximum absolute atomic E-state index is 3.92. The van der Waals surface area contributed by atoms with E-state index in [0.29, 0.717) is 0 Å². The van der Waals surface area contributed by atoms with Crippen molar-refractivity contribution < 1.29 is 0 Å². The van der Waals surface area contributed by atoms with Gasteiger partial charge in [0.25, 0.3) is 0 Å². The zero-order valence-electron chi connectivity index (χ0n) is 28.1. The van der Waals surface area contributed by atoms with Gasteiger partial charge in [0.2, 0.25) is 0 Å². The summed E-state index contributed by atoms with van der Waals surface area (Å²) in [6.07, 6.45) is 2.33. The lowest BCUT2D eigenvalue weighted by Gasteiger charge is -2.33. The van der Waals surface area contributed by atoms with E-state index < -0.39 is 0 Å². The average Bonchev–Trinajstić information content (AvgIpc) is 3.65. The lowest BCUT2D eigenvalue weighted by atomic mass is 9.81. The van der Waals surface area contributed by atoms with Gasteiger partial charge in [0.15, 0.2) is 0 Å². The van der Waals surface area contributed by atoms with Crippen LogP contribution in [0.25, 0.3) is 58.9 Å². The van der Waals surface area contributed by atoms with Crippen LogP contribution < -0.4 is 10.6 Å². The van der Waals surface area contributed by atoms with Gasteiger partial charge in [0, 0.05) is 31.3 Å². The summed E-state index contributed by atoms with van der Waals surface area (Å²) in [5.41, 5.74) is 12.8. The molecule has 0 spiro atoms. The van der Waals surface area contributed by atoms with E-state index in [4.69, 9.17) is 0 Å². The second kappa shape index (κ2) is 11.3. The van der Waals surface area contributed by atoms with Crippen molar-refractivity contribution in [2.45, 2.75) is 31.5 Å². The Morgan fingerprint density at radius 1 is 0.540 bits per heavy atom. The molecule has 0 saturated carbocycles. The summed E-state index contributed by atoms with van der Waals surface area (Å²) >= 11 is 1.87. The summed E-state index contributed by atoms with van der Waals surface area (Å²) < 4.78 is 2.66. The fraction of sp³-hybridized carbons (Fsp3) is 0.106. The Morgan fingerprint density at radius 3 is 2.16 bits per heavy atom. The van der Waals surface area contributed by atoms with Crippen LogP contribution in [0, 0.1) is 0 Å². The minimum absolute atomic E-state index is 0.0371. The Balaban J connectivity index is 1.09. The molecular formula is C47H36N2S. The first kappa shape index (κ1) is 29.4. The molecule has 2 nitrogen and oxygen atoms in total. The van der Waals surface area contributed by atoms with E-state index in [1.54, 1.807) is 0 Å². The first-order valence-electron chi connectivity index (χ1n) is 17.5. The molecule has 0 bridgehead atoms. The average molecular weight is 661 g/mol. The van der Waals surface area contributed by atoms with Gasteiger partial charge in [-0.3, -0.25) is 5.32 Å². The van der Waals surface area contributed by atoms with E-state index in [9.17, 15) is 0 Å².